The minimum absolute atomic E-state index is 0.0452. The third-order valence-corrected chi connectivity index (χ3v) is 9.56. The monoisotopic (exact) mass is 658 g/mol. The number of thioether (sulfide) groups is 1. The number of amides is 2. The lowest BCUT2D eigenvalue weighted by atomic mass is 9.96. The van der Waals surface area contributed by atoms with Gasteiger partial charge in [0.25, 0.3) is 5.91 Å². The topological polar surface area (TPSA) is 72.9 Å². The molecule has 8 nitrogen and oxygen atoms in total. The molecule has 238 valence electrons. The number of hydrogen-bond acceptors (Lipinski definition) is 7. The maximum absolute atomic E-state index is 13.7. The Balaban J connectivity index is 1.04. The van der Waals surface area contributed by atoms with Crippen molar-refractivity contribution in [3.8, 4) is 0 Å². The van der Waals surface area contributed by atoms with Crippen molar-refractivity contribution in [2.75, 3.05) is 56.5 Å². The summed E-state index contributed by atoms with van der Waals surface area (Å²) in [4.78, 5) is 43.6. The summed E-state index contributed by atoms with van der Waals surface area (Å²) < 4.78 is 13.7. The molecular formula is C35H36ClFN6O2S. The summed E-state index contributed by atoms with van der Waals surface area (Å²) in [5, 5.41) is 0.737. The highest BCUT2D eigenvalue weighted by Crippen LogP contribution is 2.30. The lowest BCUT2D eigenvalue weighted by Crippen LogP contribution is -2.54. The molecule has 0 spiro atoms. The third kappa shape index (κ3) is 7.52. The Morgan fingerprint density at radius 2 is 1.54 bits per heavy atom. The summed E-state index contributed by atoms with van der Waals surface area (Å²) in [7, 11) is 0. The highest BCUT2D eigenvalue weighted by molar-refractivity contribution is 7.99. The average Bonchev–Trinajstić information content (AvgIpc) is 3.08. The molecule has 1 atom stereocenters. The summed E-state index contributed by atoms with van der Waals surface area (Å²) in [5.74, 6) is 0.286. The Morgan fingerprint density at radius 3 is 2.17 bits per heavy atom. The molecule has 2 saturated heterocycles. The van der Waals surface area contributed by atoms with Gasteiger partial charge in [-0.2, -0.15) is 0 Å². The van der Waals surface area contributed by atoms with Crippen LogP contribution in [0.2, 0.25) is 5.15 Å². The van der Waals surface area contributed by atoms with Gasteiger partial charge in [0.05, 0.1) is 11.8 Å². The second-order valence-electron chi connectivity index (χ2n) is 11.6. The summed E-state index contributed by atoms with van der Waals surface area (Å²) in [6, 6.07) is 28.5. The molecule has 11 heteroatoms. The fourth-order valence-corrected chi connectivity index (χ4v) is 7.18. The van der Waals surface area contributed by atoms with Crippen LogP contribution in [0.5, 0.6) is 0 Å². The minimum Gasteiger partial charge on any atom is -0.353 e. The van der Waals surface area contributed by atoms with Gasteiger partial charge in [0.1, 0.15) is 16.8 Å². The summed E-state index contributed by atoms with van der Waals surface area (Å²) in [5.41, 5.74) is 2.82. The number of rotatable bonds is 8. The average molecular weight is 659 g/mol. The molecule has 4 aromatic rings. The molecular weight excluding hydrogens is 623 g/mol. The highest BCUT2D eigenvalue weighted by atomic mass is 35.5. The van der Waals surface area contributed by atoms with Gasteiger partial charge in [-0.1, -0.05) is 90.1 Å². The number of nitrogens with zero attached hydrogens (tertiary/aromatic N) is 6. The second-order valence-corrected chi connectivity index (χ2v) is 12.9. The van der Waals surface area contributed by atoms with Gasteiger partial charge in [-0.15, -0.1) is 0 Å². The molecule has 2 fully saturated rings. The number of hydrogen-bond donors (Lipinski definition) is 0. The molecule has 0 N–H and O–H groups in total. The van der Waals surface area contributed by atoms with E-state index in [1.54, 1.807) is 23.1 Å². The summed E-state index contributed by atoms with van der Waals surface area (Å²) in [6.45, 7) is 6.33. The van der Waals surface area contributed by atoms with Crippen molar-refractivity contribution < 1.29 is 14.0 Å². The number of halogens is 2. The highest BCUT2D eigenvalue weighted by Gasteiger charge is 2.30. The van der Waals surface area contributed by atoms with Crippen LogP contribution in [0, 0.1) is 5.82 Å². The zero-order chi connectivity index (χ0) is 32.0. The van der Waals surface area contributed by atoms with Crippen molar-refractivity contribution in [2.45, 2.75) is 24.2 Å². The predicted octanol–water partition coefficient (Wildman–Crippen LogP) is 5.65. The fraction of sp³-hybridized carbons (Fsp3) is 0.314. The predicted molar refractivity (Wildman–Crippen MR) is 180 cm³/mol. The molecule has 0 saturated carbocycles. The SMILES string of the molecule is C[C@@H]1CN(c2cc(Cl)nc(SCC(=O)N3CCN(C(c4ccccc4)c4ccccc4)CC3)n2)CCN1C(=O)c1cccc(F)c1. The number of piperazine rings is 2. The van der Waals surface area contributed by atoms with E-state index in [0.29, 0.717) is 54.4 Å². The Kier molecular flexibility index (Phi) is 10.2. The molecule has 6 rings (SSSR count). The number of aromatic nitrogens is 2. The van der Waals surface area contributed by atoms with E-state index in [0.717, 1.165) is 13.1 Å². The van der Waals surface area contributed by atoms with E-state index in [1.165, 1.54) is 35.0 Å². The third-order valence-electron chi connectivity index (χ3n) is 8.53. The molecule has 2 aliphatic heterocycles. The van der Waals surface area contributed by atoms with Gasteiger partial charge < -0.3 is 14.7 Å². The van der Waals surface area contributed by atoms with Crippen molar-refractivity contribution in [3.63, 3.8) is 0 Å². The first kappa shape index (κ1) is 32.0. The van der Waals surface area contributed by atoms with E-state index < -0.39 is 5.82 Å². The smallest absolute Gasteiger partial charge is 0.254 e. The van der Waals surface area contributed by atoms with E-state index >= 15 is 0 Å². The molecule has 0 radical (unpaired) electrons. The van der Waals surface area contributed by atoms with Gasteiger partial charge in [-0.25, -0.2) is 14.4 Å². The van der Waals surface area contributed by atoms with Crippen LogP contribution in [0.4, 0.5) is 10.2 Å². The van der Waals surface area contributed by atoms with Crippen LogP contribution < -0.4 is 4.90 Å². The van der Waals surface area contributed by atoms with Gasteiger partial charge in [0.15, 0.2) is 5.16 Å². The van der Waals surface area contributed by atoms with Crippen molar-refractivity contribution in [3.05, 3.63) is 119 Å². The lowest BCUT2D eigenvalue weighted by molar-refractivity contribution is -0.130. The molecule has 0 bridgehead atoms. The number of carbonyl (C=O) groups is 2. The first-order chi connectivity index (χ1) is 22.4. The van der Waals surface area contributed by atoms with Crippen molar-refractivity contribution >= 4 is 41.0 Å². The Hall–Kier alpha value is -3.99. The van der Waals surface area contributed by atoms with Crippen molar-refractivity contribution in [2.24, 2.45) is 0 Å². The molecule has 2 amide bonds. The number of benzene rings is 3. The van der Waals surface area contributed by atoms with Crippen molar-refractivity contribution in [1.82, 2.24) is 24.7 Å². The van der Waals surface area contributed by atoms with Gasteiger partial charge in [0, 0.05) is 63.5 Å². The molecule has 3 heterocycles. The Labute approximate surface area is 278 Å². The maximum Gasteiger partial charge on any atom is 0.254 e. The van der Waals surface area contributed by atoms with Gasteiger partial charge in [-0.3, -0.25) is 14.5 Å². The van der Waals surface area contributed by atoms with Crippen LogP contribution >= 0.6 is 23.4 Å². The van der Waals surface area contributed by atoms with Crippen LogP contribution in [0.3, 0.4) is 0 Å². The lowest BCUT2D eigenvalue weighted by Gasteiger charge is -2.40. The second kappa shape index (κ2) is 14.6. The molecule has 0 unspecified atom stereocenters. The van der Waals surface area contributed by atoms with Crippen LogP contribution in [0.1, 0.15) is 34.5 Å². The largest absolute Gasteiger partial charge is 0.353 e. The van der Waals surface area contributed by atoms with Gasteiger partial charge in [-0.05, 0) is 36.2 Å². The normalized spacial score (nSPS) is 17.4. The first-order valence-corrected chi connectivity index (χ1v) is 16.8. The molecule has 1 aromatic heterocycles. The van der Waals surface area contributed by atoms with E-state index in [1.807, 2.05) is 24.0 Å². The van der Waals surface area contributed by atoms with Crippen LogP contribution in [0.15, 0.2) is 96.2 Å². The summed E-state index contributed by atoms with van der Waals surface area (Å²) in [6.07, 6.45) is 0. The Bertz CT molecular complexity index is 1620. The van der Waals surface area contributed by atoms with E-state index in [-0.39, 0.29) is 29.7 Å². The van der Waals surface area contributed by atoms with Crippen LogP contribution in [-0.4, -0.2) is 94.1 Å². The molecule has 46 heavy (non-hydrogen) atoms. The van der Waals surface area contributed by atoms with E-state index in [2.05, 4.69) is 63.3 Å². The van der Waals surface area contributed by atoms with Crippen LogP contribution in [-0.2, 0) is 4.79 Å². The summed E-state index contributed by atoms with van der Waals surface area (Å²) >= 11 is 7.68. The quantitative estimate of drug-likeness (QED) is 0.138. The molecule has 2 aliphatic rings. The minimum atomic E-state index is -0.432. The maximum atomic E-state index is 13.7. The van der Waals surface area contributed by atoms with E-state index in [4.69, 9.17) is 16.6 Å². The zero-order valence-corrected chi connectivity index (χ0v) is 27.2. The van der Waals surface area contributed by atoms with Gasteiger partial charge in [0.2, 0.25) is 5.91 Å². The molecule has 0 aliphatic carbocycles. The van der Waals surface area contributed by atoms with Crippen molar-refractivity contribution in [1.29, 1.82) is 0 Å². The first-order valence-electron chi connectivity index (χ1n) is 15.5. The number of carbonyl (C=O) groups excluding carboxylic acids is 2. The van der Waals surface area contributed by atoms with Gasteiger partial charge >= 0.3 is 0 Å². The molecule has 3 aromatic carbocycles. The van der Waals surface area contributed by atoms with E-state index in [9.17, 15) is 14.0 Å². The zero-order valence-electron chi connectivity index (χ0n) is 25.6. The standard InChI is InChI=1S/C35H36ClFN6O2S/c1-25-23-42(19-20-43(25)34(45)28-13-8-14-29(37)21-28)31-22-30(36)38-35(39-31)46-24-32(44)40-15-17-41(18-16-40)33(26-9-4-2-5-10-26)27-11-6-3-7-12-27/h2-14,21-22,25,33H,15-20,23-24H2,1H3/t25-/m1/s1. The number of anilines is 1. The Morgan fingerprint density at radius 1 is 0.870 bits per heavy atom. The fourth-order valence-electron chi connectivity index (χ4n) is 6.20. The van der Waals surface area contributed by atoms with Crippen LogP contribution in [0.25, 0.3) is 0 Å².